The lowest BCUT2D eigenvalue weighted by atomic mass is 10.1. The zero-order valence-corrected chi connectivity index (χ0v) is 12.6. The number of methoxy groups -OCH3 is 1. The van der Waals surface area contributed by atoms with Crippen LogP contribution in [0, 0.1) is 6.92 Å². The highest BCUT2D eigenvalue weighted by Crippen LogP contribution is 2.32. The van der Waals surface area contributed by atoms with Gasteiger partial charge in [0, 0.05) is 18.7 Å². The minimum atomic E-state index is -0.163. The molecule has 7 heteroatoms. The molecule has 22 heavy (non-hydrogen) atoms. The minimum Gasteiger partial charge on any atom is -0.481 e. The molecule has 1 aliphatic rings. The van der Waals surface area contributed by atoms with Crippen molar-refractivity contribution in [2.45, 2.75) is 25.8 Å². The molecular formula is C15H18N4O3. The van der Waals surface area contributed by atoms with Gasteiger partial charge in [-0.2, -0.15) is 0 Å². The summed E-state index contributed by atoms with van der Waals surface area (Å²) in [5.41, 5.74) is 1.45. The van der Waals surface area contributed by atoms with E-state index >= 15 is 0 Å². The molecule has 2 amide bonds. The third kappa shape index (κ3) is 2.88. The number of nitrogens with one attached hydrogen (secondary N) is 1. The second-order valence-corrected chi connectivity index (χ2v) is 5.24. The molecule has 2 aromatic rings. The maximum Gasteiger partial charge on any atom is 0.322 e. The van der Waals surface area contributed by atoms with Crippen LogP contribution in [0.1, 0.15) is 30.3 Å². The van der Waals surface area contributed by atoms with Crippen LogP contribution in [0.25, 0.3) is 0 Å². The molecule has 0 saturated carbocycles. The van der Waals surface area contributed by atoms with Crippen LogP contribution in [0.3, 0.4) is 0 Å². The van der Waals surface area contributed by atoms with E-state index in [4.69, 9.17) is 9.26 Å². The van der Waals surface area contributed by atoms with Gasteiger partial charge in [0.05, 0.1) is 30.7 Å². The number of nitrogens with zero attached hydrogens (tertiary/aromatic N) is 3. The Hall–Kier alpha value is -2.57. The lowest BCUT2D eigenvalue weighted by molar-refractivity contribution is 0.195. The quantitative estimate of drug-likeness (QED) is 0.943. The fourth-order valence-corrected chi connectivity index (χ4v) is 2.62. The first-order chi connectivity index (χ1) is 10.7. The van der Waals surface area contributed by atoms with Crippen molar-refractivity contribution >= 4 is 11.7 Å². The second-order valence-electron chi connectivity index (χ2n) is 5.24. The van der Waals surface area contributed by atoms with Crippen LogP contribution >= 0.6 is 0 Å². The van der Waals surface area contributed by atoms with Crippen LogP contribution < -0.4 is 10.1 Å². The van der Waals surface area contributed by atoms with E-state index in [0.29, 0.717) is 18.1 Å². The summed E-state index contributed by atoms with van der Waals surface area (Å²) >= 11 is 0. The summed E-state index contributed by atoms with van der Waals surface area (Å²) in [7, 11) is 1.55. The number of carbonyl (C=O) groups is 1. The predicted octanol–water partition coefficient (Wildman–Crippen LogP) is 2.76. The molecule has 0 radical (unpaired) electrons. The highest BCUT2D eigenvalue weighted by atomic mass is 16.5. The number of urea groups is 1. The molecule has 1 fully saturated rings. The van der Waals surface area contributed by atoms with E-state index in [9.17, 15) is 4.79 Å². The topological polar surface area (TPSA) is 80.5 Å². The standard InChI is InChI=1S/C15H18N4O3/c1-10-8-13(22-18-10)12-4-3-7-19(12)15(20)17-11-5-6-14(21-2)16-9-11/h5-6,8-9,12H,3-4,7H2,1-2H3,(H,17,20). The molecule has 2 aromatic heterocycles. The maximum atomic E-state index is 12.5. The van der Waals surface area contributed by atoms with E-state index in [1.165, 1.54) is 0 Å². The van der Waals surface area contributed by atoms with E-state index in [1.807, 2.05) is 13.0 Å². The third-order valence-corrected chi connectivity index (χ3v) is 3.69. The van der Waals surface area contributed by atoms with Crippen molar-refractivity contribution in [2.24, 2.45) is 0 Å². The number of pyridine rings is 1. The molecule has 0 aliphatic carbocycles. The number of anilines is 1. The number of hydrogen-bond acceptors (Lipinski definition) is 5. The third-order valence-electron chi connectivity index (χ3n) is 3.69. The monoisotopic (exact) mass is 302 g/mol. The van der Waals surface area contributed by atoms with Gasteiger partial charge < -0.3 is 19.5 Å². The number of carbonyl (C=O) groups excluding carboxylic acids is 1. The minimum absolute atomic E-state index is 0.0626. The number of aromatic nitrogens is 2. The van der Waals surface area contributed by atoms with Crippen LogP contribution in [0.2, 0.25) is 0 Å². The van der Waals surface area contributed by atoms with Gasteiger partial charge in [-0.05, 0) is 25.8 Å². The average Bonchev–Trinajstić information content (AvgIpc) is 3.16. The van der Waals surface area contributed by atoms with E-state index in [0.717, 1.165) is 24.3 Å². The molecule has 0 spiro atoms. The Balaban J connectivity index is 1.70. The Bertz CT molecular complexity index is 653. The molecule has 1 aliphatic heterocycles. The zero-order valence-electron chi connectivity index (χ0n) is 12.6. The molecule has 1 N–H and O–H groups in total. The van der Waals surface area contributed by atoms with Crippen molar-refractivity contribution in [3.8, 4) is 5.88 Å². The van der Waals surface area contributed by atoms with Gasteiger partial charge in [-0.3, -0.25) is 0 Å². The summed E-state index contributed by atoms with van der Waals surface area (Å²) in [6, 6.07) is 5.12. The Morgan fingerprint density at radius 1 is 1.50 bits per heavy atom. The lowest BCUT2D eigenvalue weighted by Gasteiger charge is -2.22. The second kappa shape index (κ2) is 6.05. The summed E-state index contributed by atoms with van der Waals surface area (Å²) in [6.07, 6.45) is 3.39. The summed E-state index contributed by atoms with van der Waals surface area (Å²) in [6.45, 7) is 2.56. The summed E-state index contributed by atoms with van der Waals surface area (Å²) in [5.74, 6) is 1.24. The lowest BCUT2D eigenvalue weighted by Crippen LogP contribution is -2.34. The number of hydrogen-bond donors (Lipinski definition) is 1. The van der Waals surface area contributed by atoms with Crippen molar-refractivity contribution in [2.75, 3.05) is 19.0 Å². The van der Waals surface area contributed by atoms with Crippen molar-refractivity contribution in [1.29, 1.82) is 0 Å². The van der Waals surface area contributed by atoms with Crippen molar-refractivity contribution in [3.63, 3.8) is 0 Å². The van der Waals surface area contributed by atoms with E-state index < -0.39 is 0 Å². The van der Waals surface area contributed by atoms with Crippen molar-refractivity contribution in [3.05, 3.63) is 35.9 Å². The highest BCUT2D eigenvalue weighted by Gasteiger charge is 2.32. The first kappa shape index (κ1) is 14.4. The van der Waals surface area contributed by atoms with Crippen LogP contribution in [-0.4, -0.2) is 34.7 Å². The fourth-order valence-electron chi connectivity index (χ4n) is 2.62. The van der Waals surface area contributed by atoms with Gasteiger partial charge in [0.25, 0.3) is 0 Å². The highest BCUT2D eigenvalue weighted by molar-refractivity contribution is 5.89. The van der Waals surface area contributed by atoms with Gasteiger partial charge in [0.15, 0.2) is 5.76 Å². The van der Waals surface area contributed by atoms with Gasteiger partial charge in [-0.1, -0.05) is 5.16 Å². The molecular weight excluding hydrogens is 284 g/mol. The smallest absolute Gasteiger partial charge is 0.322 e. The van der Waals surface area contributed by atoms with Crippen molar-refractivity contribution < 1.29 is 14.1 Å². The molecule has 1 saturated heterocycles. The summed E-state index contributed by atoms with van der Waals surface area (Å²) < 4.78 is 10.3. The van der Waals surface area contributed by atoms with Crippen LogP contribution in [0.5, 0.6) is 5.88 Å². The molecule has 3 rings (SSSR count). The number of amides is 2. The molecule has 1 unspecified atom stereocenters. The van der Waals surface area contributed by atoms with E-state index in [2.05, 4.69) is 15.5 Å². The molecule has 3 heterocycles. The van der Waals surface area contributed by atoms with Gasteiger partial charge in [-0.25, -0.2) is 9.78 Å². The Morgan fingerprint density at radius 3 is 3.00 bits per heavy atom. The van der Waals surface area contributed by atoms with Gasteiger partial charge in [0.1, 0.15) is 0 Å². The number of aryl methyl sites for hydroxylation is 1. The van der Waals surface area contributed by atoms with E-state index in [-0.39, 0.29) is 12.1 Å². The zero-order chi connectivity index (χ0) is 15.5. The predicted molar refractivity (Wildman–Crippen MR) is 79.7 cm³/mol. The average molecular weight is 302 g/mol. The first-order valence-electron chi connectivity index (χ1n) is 7.18. The first-order valence-corrected chi connectivity index (χ1v) is 7.18. The molecule has 0 bridgehead atoms. The van der Waals surface area contributed by atoms with Gasteiger partial charge >= 0.3 is 6.03 Å². The van der Waals surface area contributed by atoms with Crippen molar-refractivity contribution in [1.82, 2.24) is 15.0 Å². The Morgan fingerprint density at radius 2 is 2.36 bits per heavy atom. The SMILES string of the molecule is COc1ccc(NC(=O)N2CCCC2c2cc(C)no2)cn1. The molecule has 0 aromatic carbocycles. The largest absolute Gasteiger partial charge is 0.481 e. The van der Waals surface area contributed by atoms with Gasteiger partial charge in [0.2, 0.25) is 5.88 Å². The number of likely N-dealkylation sites (tertiary alicyclic amines) is 1. The molecule has 116 valence electrons. The van der Waals surface area contributed by atoms with E-state index in [1.54, 1.807) is 30.3 Å². The van der Waals surface area contributed by atoms with Gasteiger partial charge in [-0.15, -0.1) is 0 Å². The van der Waals surface area contributed by atoms with Crippen LogP contribution in [-0.2, 0) is 0 Å². The molecule has 7 nitrogen and oxygen atoms in total. The summed E-state index contributed by atoms with van der Waals surface area (Å²) in [4.78, 5) is 18.3. The number of rotatable bonds is 3. The normalized spacial score (nSPS) is 17.5. The maximum absolute atomic E-state index is 12.5. The van der Waals surface area contributed by atoms with Crippen LogP contribution in [0.15, 0.2) is 28.9 Å². The Labute approximate surface area is 128 Å². The number of ether oxygens (including phenoxy) is 1. The van der Waals surface area contributed by atoms with Crippen LogP contribution in [0.4, 0.5) is 10.5 Å². The molecule has 1 atom stereocenters. The fraction of sp³-hybridized carbons (Fsp3) is 0.400. The summed E-state index contributed by atoms with van der Waals surface area (Å²) in [5, 5.41) is 6.75. The Kier molecular flexibility index (Phi) is 3.95.